The Morgan fingerprint density at radius 3 is 2.67 bits per heavy atom. The molecular formula is C16H18N4O3S. The molecule has 7 nitrogen and oxygen atoms in total. The monoisotopic (exact) mass is 346 g/mol. The highest BCUT2D eigenvalue weighted by atomic mass is 32.2. The van der Waals surface area contributed by atoms with Crippen LogP contribution in [0.4, 0.5) is 5.69 Å². The fourth-order valence-corrected chi connectivity index (χ4v) is 2.64. The van der Waals surface area contributed by atoms with E-state index in [2.05, 4.69) is 10.3 Å². The lowest BCUT2D eigenvalue weighted by Crippen LogP contribution is -2.28. The van der Waals surface area contributed by atoms with Crippen LogP contribution in [0.1, 0.15) is 20.7 Å². The SMILES string of the molecule is CSc1ncccc1C(=O)Nc1cc(C(=O)N(C)C)cn(C)c1=O. The van der Waals surface area contributed by atoms with Crippen molar-refractivity contribution >= 4 is 29.3 Å². The van der Waals surface area contributed by atoms with Crippen molar-refractivity contribution in [3.8, 4) is 0 Å². The third-order valence-corrected chi connectivity index (χ3v) is 4.01. The van der Waals surface area contributed by atoms with Crippen molar-refractivity contribution in [2.24, 2.45) is 7.05 Å². The van der Waals surface area contributed by atoms with Gasteiger partial charge in [0.2, 0.25) is 0 Å². The molecule has 2 aromatic heterocycles. The number of hydrogen-bond acceptors (Lipinski definition) is 5. The first kappa shape index (κ1) is 17.7. The first-order chi connectivity index (χ1) is 11.3. The maximum Gasteiger partial charge on any atom is 0.274 e. The summed E-state index contributed by atoms with van der Waals surface area (Å²) in [6, 6.07) is 4.67. The number of nitrogens with one attached hydrogen (secondary N) is 1. The van der Waals surface area contributed by atoms with Gasteiger partial charge in [0.15, 0.2) is 0 Å². The van der Waals surface area contributed by atoms with E-state index in [4.69, 9.17) is 0 Å². The number of anilines is 1. The zero-order chi connectivity index (χ0) is 17.9. The van der Waals surface area contributed by atoms with Gasteiger partial charge in [-0.3, -0.25) is 14.4 Å². The number of carbonyl (C=O) groups is 2. The molecule has 0 saturated heterocycles. The number of aryl methyl sites for hydroxylation is 1. The van der Waals surface area contributed by atoms with Gasteiger partial charge in [0, 0.05) is 33.5 Å². The van der Waals surface area contributed by atoms with Crippen LogP contribution in [0.5, 0.6) is 0 Å². The Balaban J connectivity index is 2.40. The third-order valence-electron chi connectivity index (χ3n) is 3.29. The van der Waals surface area contributed by atoms with Crippen LogP contribution < -0.4 is 10.9 Å². The molecule has 8 heteroatoms. The lowest BCUT2D eigenvalue weighted by atomic mass is 10.2. The van der Waals surface area contributed by atoms with Crippen LogP contribution in [-0.4, -0.2) is 46.6 Å². The number of rotatable bonds is 4. The van der Waals surface area contributed by atoms with Crippen molar-refractivity contribution in [3.63, 3.8) is 0 Å². The molecule has 0 bridgehead atoms. The fourth-order valence-electron chi connectivity index (χ4n) is 2.09. The van der Waals surface area contributed by atoms with Crippen LogP contribution in [0, 0.1) is 0 Å². The van der Waals surface area contributed by atoms with Gasteiger partial charge in [0.25, 0.3) is 17.4 Å². The van der Waals surface area contributed by atoms with Crippen LogP contribution in [0.2, 0.25) is 0 Å². The smallest absolute Gasteiger partial charge is 0.274 e. The molecule has 2 aromatic rings. The number of aromatic nitrogens is 2. The van der Waals surface area contributed by atoms with Crippen molar-refractivity contribution in [1.82, 2.24) is 14.5 Å². The molecular weight excluding hydrogens is 328 g/mol. The Kier molecular flexibility index (Phi) is 5.40. The molecule has 0 saturated carbocycles. The first-order valence-electron chi connectivity index (χ1n) is 7.07. The minimum atomic E-state index is -0.445. The lowest BCUT2D eigenvalue weighted by Gasteiger charge is -2.13. The molecule has 2 heterocycles. The van der Waals surface area contributed by atoms with E-state index in [1.54, 1.807) is 32.4 Å². The molecule has 0 aliphatic heterocycles. The minimum Gasteiger partial charge on any atom is -0.345 e. The van der Waals surface area contributed by atoms with Crippen LogP contribution in [-0.2, 0) is 7.05 Å². The highest BCUT2D eigenvalue weighted by Gasteiger charge is 2.17. The van der Waals surface area contributed by atoms with Crippen molar-refractivity contribution in [2.45, 2.75) is 5.03 Å². The summed E-state index contributed by atoms with van der Waals surface area (Å²) < 4.78 is 1.27. The molecule has 126 valence electrons. The molecule has 0 fully saturated rings. The molecule has 24 heavy (non-hydrogen) atoms. The van der Waals surface area contributed by atoms with Gasteiger partial charge in [0.05, 0.1) is 11.1 Å². The summed E-state index contributed by atoms with van der Waals surface area (Å²) in [7, 11) is 4.76. The quantitative estimate of drug-likeness (QED) is 0.847. The van der Waals surface area contributed by atoms with Gasteiger partial charge in [-0.15, -0.1) is 11.8 Å². The third kappa shape index (κ3) is 3.65. The van der Waals surface area contributed by atoms with E-state index in [1.807, 2.05) is 6.26 Å². The Morgan fingerprint density at radius 1 is 1.33 bits per heavy atom. The van der Waals surface area contributed by atoms with E-state index >= 15 is 0 Å². The van der Waals surface area contributed by atoms with E-state index in [0.29, 0.717) is 16.2 Å². The minimum absolute atomic E-state index is 0.0473. The second kappa shape index (κ2) is 7.31. The van der Waals surface area contributed by atoms with Crippen LogP contribution in [0.3, 0.4) is 0 Å². The van der Waals surface area contributed by atoms with E-state index in [1.165, 1.54) is 40.5 Å². The van der Waals surface area contributed by atoms with Crippen molar-refractivity contribution in [2.75, 3.05) is 25.7 Å². The number of pyridine rings is 2. The van der Waals surface area contributed by atoms with E-state index < -0.39 is 11.5 Å². The summed E-state index contributed by atoms with van der Waals surface area (Å²) in [5.74, 6) is -0.703. The molecule has 0 aliphatic rings. The maximum atomic E-state index is 12.5. The van der Waals surface area contributed by atoms with Crippen LogP contribution in [0.15, 0.2) is 40.4 Å². The molecule has 0 radical (unpaired) electrons. The van der Waals surface area contributed by atoms with Gasteiger partial charge in [-0.05, 0) is 24.5 Å². The van der Waals surface area contributed by atoms with Gasteiger partial charge in [0.1, 0.15) is 10.7 Å². The zero-order valence-corrected chi connectivity index (χ0v) is 14.7. The largest absolute Gasteiger partial charge is 0.345 e. The zero-order valence-electron chi connectivity index (χ0n) is 13.9. The molecule has 0 unspecified atom stereocenters. The standard InChI is InChI=1S/C16H18N4O3S/c1-19(2)15(22)10-8-12(16(23)20(3)9-10)18-13(21)11-6-5-7-17-14(11)24-4/h5-9H,1-4H3,(H,18,21). The lowest BCUT2D eigenvalue weighted by molar-refractivity contribution is 0.0826. The summed E-state index contributed by atoms with van der Waals surface area (Å²) >= 11 is 1.34. The van der Waals surface area contributed by atoms with Gasteiger partial charge >= 0.3 is 0 Å². The number of carbonyl (C=O) groups excluding carboxylic acids is 2. The number of hydrogen-bond donors (Lipinski definition) is 1. The molecule has 0 aliphatic carbocycles. The highest BCUT2D eigenvalue weighted by molar-refractivity contribution is 7.98. The Bertz CT molecular complexity index is 845. The number of amides is 2. The van der Waals surface area contributed by atoms with Crippen LogP contribution >= 0.6 is 11.8 Å². The normalized spacial score (nSPS) is 10.3. The fraction of sp³-hybridized carbons (Fsp3) is 0.250. The summed E-state index contributed by atoms with van der Waals surface area (Å²) in [5.41, 5.74) is 0.337. The first-order valence-corrected chi connectivity index (χ1v) is 8.30. The highest BCUT2D eigenvalue weighted by Crippen LogP contribution is 2.18. The van der Waals surface area contributed by atoms with E-state index in [-0.39, 0.29) is 11.6 Å². The Morgan fingerprint density at radius 2 is 2.04 bits per heavy atom. The van der Waals surface area contributed by atoms with Crippen molar-refractivity contribution in [3.05, 3.63) is 52.1 Å². The average Bonchev–Trinajstić information content (AvgIpc) is 2.57. The van der Waals surface area contributed by atoms with E-state index in [9.17, 15) is 14.4 Å². The average molecular weight is 346 g/mol. The topological polar surface area (TPSA) is 84.3 Å². The van der Waals surface area contributed by atoms with Crippen molar-refractivity contribution < 1.29 is 9.59 Å². The second-order valence-corrected chi connectivity index (χ2v) is 6.07. The summed E-state index contributed by atoms with van der Waals surface area (Å²) in [5, 5.41) is 3.14. The Hall–Kier alpha value is -2.61. The van der Waals surface area contributed by atoms with Gasteiger partial charge in [-0.2, -0.15) is 0 Å². The van der Waals surface area contributed by atoms with Crippen molar-refractivity contribution in [1.29, 1.82) is 0 Å². The predicted octanol–water partition coefficient (Wildman–Crippen LogP) is 1.46. The molecule has 2 rings (SSSR count). The van der Waals surface area contributed by atoms with Gasteiger partial charge in [-0.25, -0.2) is 4.98 Å². The number of thioether (sulfide) groups is 1. The van der Waals surface area contributed by atoms with E-state index in [0.717, 1.165) is 0 Å². The molecule has 0 atom stereocenters. The molecule has 1 N–H and O–H groups in total. The summed E-state index contributed by atoms with van der Waals surface area (Å²) in [4.78, 5) is 42.3. The molecule has 0 spiro atoms. The predicted molar refractivity (Wildman–Crippen MR) is 93.7 cm³/mol. The summed E-state index contributed by atoms with van der Waals surface area (Å²) in [6.07, 6.45) is 4.85. The molecule has 2 amide bonds. The maximum absolute atomic E-state index is 12.5. The summed E-state index contributed by atoms with van der Waals surface area (Å²) in [6.45, 7) is 0. The Labute approximate surface area is 143 Å². The van der Waals surface area contributed by atoms with Gasteiger partial charge < -0.3 is 14.8 Å². The molecule has 0 aromatic carbocycles. The van der Waals surface area contributed by atoms with Crippen LogP contribution in [0.25, 0.3) is 0 Å². The number of nitrogens with zero attached hydrogens (tertiary/aromatic N) is 3. The van der Waals surface area contributed by atoms with Gasteiger partial charge in [-0.1, -0.05) is 0 Å². The second-order valence-electron chi connectivity index (χ2n) is 5.27.